The van der Waals surface area contributed by atoms with Gasteiger partial charge in [-0.2, -0.15) is 0 Å². The number of aryl methyl sites for hydroxylation is 1. The fourth-order valence-corrected chi connectivity index (χ4v) is 3.00. The first kappa shape index (κ1) is 20.5. The first-order chi connectivity index (χ1) is 14.0. The Bertz CT molecular complexity index is 956. The van der Waals surface area contributed by atoms with Crippen LogP contribution < -0.4 is 20.1 Å². The van der Waals surface area contributed by atoms with E-state index >= 15 is 0 Å². The van der Waals surface area contributed by atoms with Crippen LogP contribution in [0.25, 0.3) is 0 Å². The van der Waals surface area contributed by atoms with E-state index in [0.717, 1.165) is 22.9 Å². The minimum atomic E-state index is 0.512. The maximum absolute atomic E-state index is 5.37. The van der Waals surface area contributed by atoms with E-state index in [-0.39, 0.29) is 0 Å². The Kier molecular flexibility index (Phi) is 6.54. The van der Waals surface area contributed by atoms with E-state index in [1.807, 2.05) is 31.2 Å². The Morgan fingerprint density at radius 1 is 0.862 bits per heavy atom. The molecule has 29 heavy (non-hydrogen) atoms. The molecule has 0 saturated carbocycles. The SMILES string of the molecule is COc1ccc(CNc2cc(Nc3ccc(C(C)C)cc3)nc(C)n2)cc1OC. The van der Waals surface area contributed by atoms with Crippen LogP contribution in [0.2, 0.25) is 0 Å². The molecule has 1 aromatic heterocycles. The van der Waals surface area contributed by atoms with Crippen molar-refractivity contribution in [2.45, 2.75) is 33.2 Å². The summed E-state index contributed by atoms with van der Waals surface area (Å²) < 4.78 is 10.7. The standard InChI is InChI=1S/C23H28N4O2/c1-15(2)18-7-9-19(10-8-18)27-23-13-22(25-16(3)26-23)24-14-17-6-11-20(28-4)21(12-17)29-5/h6-13,15H,14H2,1-5H3,(H2,24,25,26,27). The molecule has 0 saturated heterocycles. The molecule has 0 fully saturated rings. The van der Waals surface area contributed by atoms with Gasteiger partial charge in [0.25, 0.3) is 0 Å². The lowest BCUT2D eigenvalue weighted by Crippen LogP contribution is -2.05. The van der Waals surface area contributed by atoms with Crippen molar-refractivity contribution < 1.29 is 9.47 Å². The van der Waals surface area contributed by atoms with E-state index in [2.05, 4.69) is 58.7 Å². The molecule has 0 spiro atoms. The third-order valence-corrected chi connectivity index (χ3v) is 4.61. The lowest BCUT2D eigenvalue weighted by atomic mass is 10.0. The predicted octanol–water partition coefficient (Wildman–Crippen LogP) is 5.28. The molecular weight excluding hydrogens is 364 g/mol. The molecule has 0 bridgehead atoms. The topological polar surface area (TPSA) is 68.3 Å². The minimum absolute atomic E-state index is 0.512. The summed E-state index contributed by atoms with van der Waals surface area (Å²) in [6, 6.07) is 16.2. The third kappa shape index (κ3) is 5.38. The molecule has 0 atom stereocenters. The summed E-state index contributed by atoms with van der Waals surface area (Å²) in [5.41, 5.74) is 3.38. The molecule has 6 heteroatoms. The van der Waals surface area contributed by atoms with Crippen molar-refractivity contribution in [3.8, 4) is 11.5 Å². The van der Waals surface area contributed by atoms with E-state index in [1.165, 1.54) is 5.56 Å². The van der Waals surface area contributed by atoms with Gasteiger partial charge in [0.15, 0.2) is 11.5 Å². The minimum Gasteiger partial charge on any atom is -0.493 e. The lowest BCUT2D eigenvalue weighted by Gasteiger charge is -2.12. The van der Waals surface area contributed by atoms with E-state index in [1.54, 1.807) is 14.2 Å². The van der Waals surface area contributed by atoms with Crippen LogP contribution in [0.1, 0.15) is 36.7 Å². The number of ether oxygens (including phenoxy) is 2. The highest BCUT2D eigenvalue weighted by atomic mass is 16.5. The number of nitrogens with zero attached hydrogens (tertiary/aromatic N) is 2. The molecule has 0 aliphatic rings. The number of hydrogen-bond donors (Lipinski definition) is 2. The van der Waals surface area contributed by atoms with Crippen LogP contribution in [-0.4, -0.2) is 24.2 Å². The Balaban J connectivity index is 1.70. The largest absolute Gasteiger partial charge is 0.493 e. The molecule has 0 aliphatic heterocycles. The van der Waals surface area contributed by atoms with Crippen molar-refractivity contribution in [2.24, 2.45) is 0 Å². The second-order valence-corrected chi connectivity index (χ2v) is 7.13. The van der Waals surface area contributed by atoms with Gasteiger partial charge in [-0.1, -0.05) is 32.0 Å². The summed E-state index contributed by atoms with van der Waals surface area (Å²) in [6.07, 6.45) is 0. The molecule has 0 radical (unpaired) electrons. The summed E-state index contributed by atoms with van der Waals surface area (Å²) in [4.78, 5) is 8.98. The molecule has 3 aromatic rings. The normalized spacial score (nSPS) is 10.7. The number of methoxy groups -OCH3 is 2. The highest BCUT2D eigenvalue weighted by Crippen LogP contribution is 2.28. The summed E-state index contributed by atoms with van der Waals surface area (Å²) in [6.45, 7) is 6.87. The van der Waals surface area contributed by atoms with Crippen molar-refractivity contribution in [3.63, 3.8) is 0 Å². The summed E-state index contributed by atoms with van der Waals surface area (Å²) in [7, 11) is 3.26. The molecule has 6 nitrogen and oxygen atoms in total. The van der Waals surface area contributed by atoms with Gasteiger partial charge in [0, 0.05) is 18.3 Å². The van der Waals surface area contributed by atoms with Crippen LogP contribution in [0.4, 0.5) is 17.3 Å². The van der Waals surface area contributed by atoms with Gasteiger partial charge in [-0.15, -0.1) is 0 Å². The van der Waals surface area contributed by atoms with Gasteiger partial charge in [-0.05, 0) is 48.2 Å². The molecule has 1 heterocycles. The quantitative estimate of drug-likeness (QED) is 0.543. The molecule has 0 aliphatic carbocycles. The number of hydrogen-bond acceptors (Lipinski definition) is 6. The van der Waals surface area contributed by atoms with Crippen molar-refractivity contribution in [1.82, 2.24) is 9.97 Å². The second-order valence-electron chi connectivity index (χ2n) is 7.13. The van der Waals surface area contributed by atoms with Gasteiger partial charge in [0.1, 0.15) is 17.5 Å². The molecule has 2 N–H and O–H groups in total. The van der Waals surface area contributed by atoms with E-state index < -0.39 is 0 Å². The van der Waals surface area contributed by atoms with Gasteiger partial charge < -0.3 is 20.1 Å². The zero-order valence-corrected chi connectivity index (χ0v) is 17.6. The van der Waals surface area contributed by atoms with Gasteiger partial charge in [0.2, 0.25) is 0 Å². The second kappa shape index (κ2) is 9.28. The van der Waals surface area contributed by atoms with Crippen LogP contribution in [-0.2, 0) is 6.54 Å². The molecular formula is C23H28N4O2. The third-order valence-electron chi connectivity index (χ3n) is 4.61. The van der Waals surface area contributed by atoms with Crippen LogP contribution in [0.15, 0.2) is 48.5 Å². The summed E-state index contributed by atoms with van der Waals surface area (Å²) in [5, 5.41) is 6.71. The smallest absolute Gasteiger partial charge is 0.161 e. The maximum Gasteiger partial charge on any atom is 0.161 e. The predicted molar refractivity (Wildman–Crippen MR) is 117 cm³/mol. The van der Waals surface area contributed by atoms with Gasteiger partial charge in [0.05, 0.1) is 14.2 Å². The lowest BCUT2D eigenvalue weighted by molar-refractivity contribution is 0.354. The Morgan fingerprint density at radius 2 is 1.55 bits per heavy atom. The first-order valence-electron chi connectivity index (χ1n) is 9.66. The fraction of sp³-hybridized carbons (Fsp3) is 0.304. The molecule has 3 rings (SSSR count). The van der Waals surface area contributed by atoms with E-state index in [0.29, 0.717) is 29.8 Å². The van der Waals surface area contributed by atoms with Crippen LogP contribution in [0.3, 0.4) is 0 Å². The van der Waals surface area contributed by atoms with Crippen molar-refractivity contribution in [2.75, 3.05) is 24.9 Å². The zero-order chi connectivity index (χ0) is 20.8. The highest BCUT2D eigenvalue weighted by molar-refractivity contribution is 5.59. The summed E-state index contributed by atoms with van der Waals surface area (Å²) >= 11 is 0. The number of benzene rings is 2. The number of aromatic nitrogens is 2. The molecule has 2 aromatic carbocycles. The van der Waals surface area contributed by atoms with Crippen molar-refractivity contribution in [3.05, 3.63) is 65.5 Å². The van der Waals surface area contributed by atoms with Crippen LogP contribution in [0.5, 0.6) is 11.5 Å². The Hall–Kier alpha value is -3.28. The van der Waals surface area contributed by atoms with Crippen molar-refractivity contribution in [1.29, 1.82) is 0 Å². The number of rotatable bonds is 8. The van der Waals surface area contributed by atoms with Crippen molar-refractivity contribution >= 4 is 17.3 Å². The average molecular weight is 393 g/mol. The van der Waals surface area contributed by atoms with E-state index in [4.69, 9.17) is 9.47 Å². The van der Waals surface area contributed by atoms with Gasteiger partial charge in [-0.3, -0.25) is 0 Å². The molecule has 0 amide bonds. The van der Waals surface area contributed by atoms with Gasteiger partial charge in [-0.25, -0.2) is 9.97 Å². The first-order valence-corrected chi connectivity index (χ1v) is 9.66. The monoisotopic (exact) mass is 392 g/mol. The maximum atomic E-state index is 5.37. The summed E-state index contributed by atoms with van der Waals surface area (Å²) in [5.74, 6) is 4.14. The molecule has 0 unspecified atom stereocenters. The van der Waals surface area contributed by atoms with Crippen LogP contribution >= 0.6 is 0 Å². The average Bonchev–Trinajstić information content (AvgIpc) is 2.72. The number of anilines is 3. The number of nitrogens with one attached hydrogen (secondary N) is 2. The zero-order valence-electron chi connectivity index (χ0n) is 17.6. The van der Waals surface area contributed by atoms with Gasteiger partial charge >= 0.3 is 0 Å². The highest BCUT2D eigenvalue weighted by Gasteiger charge is 2.07. The fourth-order valence-electron chi connectivity index (χ4n) is 3.00. The molecule has 152 valence electrons. The Morgan fingerprint density at radius 3 is 2.21 bits per heavy atom. The van der Waals surface area contributed by atoms with E-state index in [9.17, 15) is 0 Å². The Labute approximate surface area is 172 Å². The van der Waals surface area contributed by atoms with Crippen LogP contribution in [0, 0.1) is 6.92 Å².